The Hall–Kier alpha value is -1.95. The van der Waals surface area contributed by atoms with Crippen LogP contribution in [0.1, 0.15) is 6.92 Å². The second-order valence-corrected chi connectivity index (χ2v) is 9.71. The highest BCUT2D eigenvalue weighted by atomic mass is 32.2. The number of thioether (sulfide) groups is 1. The summed E-state index contributed by atoms with van der Waals surface area (Å²) in [5.41, 5.74) is 0. The molecular weight excluding hydrogens is 433 g/mol. The maximum Gasteiger partial charge on any atom is 0.333 e. The quantitative estimate of drug-likeness (QED) is 0.448. The Morgan fingerprint density at radius 1 is 1.23 bits per heavy atom. The Morgan fingerprint density at radius 2 is 1.97 bits per heavy atom. The maximum absolute atomic E-state index is 13.4. The van der Waals surface area contributed by atoms with Crippen LogP contribution in [0.3, 0.4) is 0 Å². The summed E-state index contributed by atoms with van der Waals surface area (Å²) in [6.45, 7) is 4.52. The Morgan fingerprint density at radius 3 is 2.63 bits per heavy atom. The molecule has 164 valence electrons. The van der Waals surface area contributed by atoms with Gasteiger partial charge in [0.25, 0.3) is 0 Å². The minimum Gasteiger partial charge on any atom is -0.463 e. The molecule has 0 spiro atoms. The first kappa shape index (κ1) is 22.7. The number of hydrogen-bond donors (Lipinski definition) is 0. The van der Waals surface area contributed by atoms with Crippen LogP contribution in [0.25, 0.3) is 0 Å². The Labute approximate surface area is 179 Å². The number of rotatable bonds is 7. The standard InChI is InChI=1S/C19H24FN3O5S2/c1-2-28-19(25)13-18-23(17(24)14-29-18)11-8-21-6-9-22(10-7-21)30(26,27)16-5-3-4-15(20)12-16/h3-5,12-13H,2,6-11,14H2,1H3/b18-13-. The number of nitrogens with zero attached hydrogens (tertiary/aromatic N) is 3. The van der Waals surface area contributed by atoms with Crippen LogP contribution in [0.4, 0.5) is 4.39 Å². The smallest absolute Gasteiger partial charge is 0.333 e. The van der Waals surface area contributed by atoms with Crippen LogP contribution in [-0.4, -0.2) is 86.0 Å². The number of ether oxygens (including phenoxy) is 1. The van der Waals surface area contributed by atoms with Crippen LogP contribution >= 0.6 is 11.8 Å². The highest BCUT2D eigenvalue weighted by molar-refractivity contribution is 8.04. The van der Waals surface area contributed by atoms with E-state index in [2.05, 4.69) is 4.90 Å². The fraction of sp³-hybridized carbons (Fsp3) is 0.474. The Bertz CT molecular complexity index is 930. The van der Waals surface area contributed by atoms with Gasteiger partial charge >= 0.3 is 5.97 Å². The van der Waals surface area contributed by atoms with Gasteiger partial charge in [-0.1, -0.05) is 17.8 Å². The van der Waals surface area contributed by atoms with Gasteiger partial charge in [0.2, 0.25) is 15.9 Å². The lowest BCUT2D eigenvalue weighted by molar-refractivity contribution is -0.137. The van der Waals surface area contributed by atoms with E-state index in [1.807, 2.05) is 0 Å². The van der Waals surface area contributed by atoms with Gasteiger partial charge in [-0.25, -0.2) is 17.6 Å². The number of halogens is 1. The maximum atomic E-state index is 13.4. The molecule has 0 aromatic heterocycles. The fourth-order valence-electron chi connectivity index (χ4n) is 3.27. The van der Waals surface area contributed by atoms with Gasteiger partial charge in [-0.3, -0.25) is 9.69 Å². The molecule has 1 aromatic carbocycles. The third-order valence-electron chi connectivity index (χ3n) is 4.84. The molecule has 11 heteroatoms. The van der Waals surface area contributed by atoms with Gasteiger partial charge in [-0.05, 0) is 25.1 Å². The van der Waals surface area contributed by atoms with Crippen molar-refractivity contribution in [3.63, 3.8) is 0 Å². The zero-order chi connectivity index (χ0) is 21.7. The van der Waals surface area contributed by atoms with Crippen LogP contribution in [0, 0.1) is 5.82 Å². The summed E-state index contributed by atoms with van der Waals surface area (Å²) >= 11 is 1.30. The van der Waals surface area contributed by atoms with Crippen LogP contribution in [0.15, 0.2) is 40.3 Å². The normalized spacial score (nSPS) is 20.1. The molecule has 1 amide bonds. The molecule has 0 radical (unpaired) electrons. The highest BCUT2D eigenvalue weighted by Gasteiger charge is 2.31. The van der Waals surface area contributed by atoms with Gasteiger partial charge in [-0.2, -0.15) is 4.31 Å². The number of benzene rings is 1. The van der Waals surface area contributed by atoms with Crippen molar-refractivity contribution in [1.29, 1.82) is 0 Å². The summed E-state index contributed by atoms with van der Waals surface area (Å²) < 4.78 is 45.0. The molecule has 2 aliphatic rings. The third-order valence-corrected chi connectivity index (χ3v) is 7.76. The molecule has 1 aromatic rings. The average Bonchev–Trinajstić information content (AvgIpc) is 3.06. The number of carbonyl (C=O) groups excluding carboxylic acids is 2. The topological polar surface area (TPSA) is 87.2 Å². The molecule has 30 heavy (non-hydrogen) atoms. The fourth-order valence-corrected chi connectivity index (χ4v) is 5.67. The van der Waals surface area contributed by atoms with Crippen LogP contribution in [0.2, 0.25) is 0 Å². The molecule has 0 unspecified atom stereocenters. The van der Waals surface area contributed by atoms with Gasteiger partial charge in [0.05, 0.1) is 28.4 Å². The first-order valence-electron chi connectivity index (χ1n) is 9.61. The summed E-state index contributed by atoms with van der Waals surface area (Å²) in [6.07, 6.45) is 1.34. The van der Waals surface area contributed by atoms with Crippen molar-refractivity contribution in [2.45, 2.75) is 11.8 Å². The lowest BCUT2D eigenvalue weighted by atomic mass is 10.3. The number of carbonyl (C=O) groups is 2. The monoisotopic (exact) mass is 457 g/mol. The lowest BCUT2D eigenvalue weighted by Gasteiger charge is -2.34. The molecular formula is C19H24FN3O5S2. The number of amides is 1. The predicted molar refractivity (Wildman–Crippen MR) is 110 cm³/mol. The molecule has 0 saturated carbocycles. The van der Waals surface area contributed by atoms with Gasteiger partial charge < -0.3 is 9.64 Å². The molecule has 3 rings (SSSR count). The van der Waals surface area contributed by atoms with Gasteiger partial charge in [0.1, 0.15) is 5.82 Å². The number of piperazine rings is 1. The van der Waals surface area contributed by atoms with Crippen molar-refractivity contribution in [2.75, 3.05) is 51.6 Å². The second-order valence-electron chi connectivity index (χ2n) is 6.77. The summed E-state index contributed by atoms with van der Waals surface area (Å²) in [5, 5.41) is 0.575. The van der Waals surface area contributed by atoms with Crippen molar-refractivity contribution < 1.29 is 27.1 Å². The first-order valence-corrected chi connectivity index (χ1v) is 12.0. The molecule has 0 aliphatic carbocycles. The molecule has 0 bridgehead atoms. The molecule has 2 aliphatic heterocycles. The molecule has 0 N–H and O–H groups in total. The van der Waals surface area contributed by atoms with Crippen molar-refractivity contribution in [3.8, 4) is 0 Å². The lowest BCUT2D eigenvalue weighted by Crippen LogP contribution is -2.50. The third kappa shape index (κ3) is 5.39. The zero-order valence-electron chi connectivity index (χ0n) is 16.6. The van der Waals surface area contributed by atoms with Crippen LogP contribution in [0.5, 0.6) is 0 Å². The van der Waals surface area contributed by atoms with Crippen molar-refractivity contribution >= 4 is 33.7 Å². The summed E-state index contributed by atoms with van der Waals surface area (Å²) in [7, 11) is -3.74. The number of sulfonamides is 1. The van der Waals surface area contributed by atoms with E-state index >= 15 is 0 Å². The van der Waals surface area contributed by atoms with E-state index in [0.717, 1.165) is 6.07 Å². The largest absolute Gasteiger partial charge is 0.463 e. The number of hydrogen-bond acceptors (Lipinski definition) is 7. The Balaban J connectivity index is 1.54. The van der Waals surface area contributed by atoms with E-state index in [9.17, 15) is 22.4 Å². The molecule has 8 nitrogen and oxygen atoms in total. The molecule has 2 fully saturated rings. The van der Waals surface area contributed by atoms with E-state index in [4.69, 9.17) is 4.74 Å². The minimum absolute atomic E-state index is 0.0515. The van der Waals surface area contributed by atoms with Gasteiger partial charge in [0.15, 0.2) is 0 Å². The first-order chi connectivity index (χ1) is 14.3. The van der Waals surface area contributed by atoms with Gasteiger partial charge in [0, 0.05) is 39.3 Å². The molecule has 2 heterocycles. The van der Waals surface area contributed by atoms with Gasteiger partial charge in [-0.15, -0.1) is 0 Å². The Kier molecular flexibility index (Phi) is 7.50. The van der Waals surface area contributed by atoms with E-state index < -0.39 is 21.8 Å². The van der Waals surface area contributed by atoms with E-state index in [1.54, 1.807) is 11.8 Å². The van der Waals surface area contributed by atoms with E-state index in [-0.39, 0.29) is 36.3 Å². The van der Waals surface area contributed by atoms with Crippen LogP contribution in [-0.2, 0) is 24.3 Å². The van der Waals surface area contributed by atoms with E-state index in [0.29, 0.717) is 31.2 Å². The zero-order valence-corrected chi connectivity index (χ0v) is 18.3. The van der Waals surface area contributed by atoms with Crippen LogP contribution < -0.4 is 0 Å². The predicted octanol–water partition coefficient (Wildman–Crippen LogP) is 1.11. The summed E-state index contributed by atoms with van der Waals surface area (Å²) in [6, 6.07) is 5.00. The second kappa shape index (κ2) is 9.90. The highest BCUT2D eigenvalue weighted by Crippen LogP contribution is 2.28. The summed E-state index contributed by atoms with van der Waals surface area (Å²) in [4.78, 5) is 27.4. The van der Waals surface area contributed by atoms with E-state index in [1.165, 1.54) is 40.3 Å². The summed E-state index contributed by atoms with van der Waals surface area (Å²) in [5.74, 6) is -0.849. The molecule has 0 atom stereocenters. The average molecular weight is 458 g/mol. The van der Waals surface area contributed by atoms with Crippen molar-refractivity contribution in [2.24, 2.45) is 0 Å². The molecule has 2 saturated heterocycles. The van der Waals surface area contributed by atoms with Crippen molar-refractivity contribution in [1.82, 2.24) is 14.1 Å². The number of esters is 1. The van der Waals surface area contributed by atoms with Crippen molar-refractivity contribution in [3.05, 3.63) is 41.2 Å². The SMILES string of the molecule is CCOC(=O)/C=C1\SCC(=O)N1CCN1CCN(S(=O)(=O)c2cccc(F)c2)CC1. The minimum atomic E-state index is -3.74.